The van der Waals surface area contributed by atoms with Crippen molar-refractivity contribution in [2.45, 2.75) is 26.3 Å². The average molecular weight is 295 g/mol. The SMILES string of the molecule is CC(C)C(NC(=O)Cc1csc(N)n1)c1cccs1. The lowest BCUT2D eigenvalue weighted by Gasteiger charge is -2.21. The van der Waals surface area contributed by atoms with Gasteiger partial charge in [-0.1, -0.05) is 19.9 Å². The minimum Gasteiger partial charge on any atom is -0.375 e. The minimum atomic E-state index is -0.0163. The van der Waals surface area contributed by atoms with Crippen molar-refractivity contribution in [3.8, 4) is 0 Å². The third-order valence-corrected chi connectivity index (χ3v) is 4.42. The van der Waals surface area contributed by atoms with Gasteiger partial charge in [0.15, 0.2) is 5.13 Å². The number of rotatable bonds is 5. The Morgan fingerprint density at radius 3 is 2.79 bits per heavy atom. The maximum atomic E-state index is 12.0. The summed E-state index contributed by atoms with van der Waals surface area (Å²) in [7, 11) is 0. The topological polar surface area (TPSA) is 68.0 Å². The lowest BCUT2D eigenvalue weighted by molar-refractivity contribution is -0.121. The molecule has 19 heavy (non-hydrogen) atoms. The smallest absolute Gasteiger partial charge is 0.226 e. The van der Waals surface area contributed by atoms with Crippen molar-refractivity contribution in [2.75, 3.05) is 5.73 Å². The molecule has 1 unspecified atom stereocenters. The van der Waals surface area contributed by atoms with Crippen LogP contribution in [0, 0.1) is 5.92 Å². The molecule has 102 valence electrons. The molecule has 1 amide bonds. The van der Waals surface area contributed by atoms with E-state index in [0.717, 1.165) is 5.69 Å². The Kier molecular flexibility index (Phi) is 4.55. The maximum absolute atomic E-state index is 12.0. The first-order valence-corrected chi connectivity index (χ1v) is 7.85. The van der Waals surface area contributed by atoms with Gasteiger partial charge in [0.1, 0.15) is 0 Å². The lowest BCUT2D eigenvalue weighted by atomic mass is 10.0. The van der Waals surface area contributed by atoms with Crippen LogP contribution in [-0.2, 0) is 11.2 Å². The number of nitrogens with two attached hydrogens (primary N) is 1. The van der Waals surface area contributed by atoms with E-state index in [9.17, 15) is 4.79 Å². The number of hydrogen-bond acceptors (Lipinski definition) is 5. The van der Waals surface area contributed by atoms with Crippen molar-refractivity contribution in [3.05, 3.63) is 33.5 Å². The number of carbonyl (C=O) groups excluding carboxylic acids is 1. The van der Waals surface area contributed by atoms with E-state index < -0.39 is 0 Å². The summed E-state index contributed by atoms with van der Waals surface area (Å²) in [6.07, 6.45) is 0.280. The molecule has 0 fully saturated rings. The Bertz CT molecular complexity index is 534. The highest BCUT2D eigenvalue weighted by atomic mass is 32.1. The monoisotopic (exact) mass is 295 g/mol. The first kappa shape index (κ1) is 14.0. The van der Waals surface area contributed by atoms with Gasteiger partial charge in [0.2, 0.25) is 5.91 Å². The molecule has 6 heteroatoms. The highest BCUT2D eigenvalue weighted by Crippen LogP contribution is 2.25. The molecule has 0 aromatic carbocycles. The highest BCUT2D eigenvalue weighted by molar-refractivity contribution is 7.13. The summed E-state index contributed by atoms with van der Waals surface area (Å²) in [5.74, 6) is 0.334. The van der Waals surface area contributed by atoms with Gasteiger partial charge in [0.25, 0.3) is 0 Å². The van der Waals surface area contributed by atoms with Gasteiger partial charge < -0.3 is 11.1 Å². The molecule has 2 aromatic rings. The molecule has 4 nitrogen and oxygen atoms in total. The van der Waals surface area contributed by atoms with Crippen molar-refractivity contribution in [3.63, 3.8) is 0 Å². The second kappa shape index (κ2) is 6.16. The molecule has 3 N–H and O–H groups in total. The molecule has 0 spiro atoms. The number of nitrogen functional groups attached to an aromatic ring is 1. The minimum absolute atomic E-state index is 0.0163. The number of aromatic nitrogens is 1. The van der Waals surface area contributed by atoms with Crippen LogP contribution < -0.4 is 11.1 Å². The fourth-order valence-corrected chi connectivity index (χ4v) is 3.34. The summed E-state index contributed by atoms with van der Waals surface area (Å²) in [5, 5.41) is 7.42. The molecule has 0 saturated carbocycles. The molecule has 2 aromatic heterocycles. The Balaban J connectivity index is 2.00. The van der Waals surface area contributed by atoms with Gasteiger partial charge in [0.05, 0.1) is 18.2 Å². The van der Waals surface area contributed by atoms with Gasteiger partial charge in [-0.05, 0) is 17.4 Å². The number of nitrogens with one attached hydrogen (secondary N) is 1. The van der Waals surface area contributed by atoms with E-state index >= 15 is 0 Å². The van der Waals surface area contributed by atoms with E-state index in [2.05, 4.69) is 30.2 Å². The summed E-state index contributed by atoms with van der Waals surface area (Å²) >= 11 is 3.02. The first-order valence-electron chi connectivity index (χ1n) is 6.09. The third-order valence-electron chi connectivity index (χ3n) is 2.74. The van der Waals surface area contributed by atoms with Crippen LogP contribution in [0.15, 0.2) is 22.9 Å². The van der Waals surface area contributed by atoms with Gasteiger partial charge in [-0.2, -0.15) is 0 Å². The Morgan fingerprint density at radius 1 is 1.47 bits per heavy atom. The molecule has 0 aliphatic carbocycles. The molecule has 0 saturated heterocycles. The summed E-state index contributed by atoms with van der Waals surface area (Å²) in [5.41, 5.74) is 6.29. The van der Waals surface area contributed by atoms with Gasteiger partial charge >= 0.3 is 0 Å². The summed E-state index contributed by atoms with van der Waals surface area (Å²) in [6.45, 7) is 4.21. The van der Waals surface area contributed by atoms with Gasteiger partial charge in [0, 0.05) is 10.3 Å². The van der Waals surface area contributed by atoms with Gasteiger partial charge in [-0.15, -0.1) is 22.7 Å². The van der Waals surface area contributed by atoms with Crippen LogP contribution in [-0.4, -0.2) is 10.9 Å². The fourth-order valence-electron chi connectivity index (χ4n) is 1.83. The second-order valence-electron chi connectivity index (χ2n) is 4.66. The maximum Gasteiger partial charge on any atom is 0.226 e. The van der Waals surface area contributed by atoms with Crippen molar-refractivity contribution in [1.29, 1.82) is 0 Å². The standard InChI is InChI=1S/C13H17N3OS2/c1-8(2)12(10-4-3-5-18-10)16-11(17)6-9-7-19-13(14)15-9/h3-5,7-8,12H,6H2,1-2H3,(H2,14,15)(H,16,17). The van der Waals surface area contributed by atoms with E-state index in [0.29, 0.717) is 11.0 Å². The van der Waals surface area contributed by atoms with Gasteiger partial charge in [-0.25, -0.2) is 4.98 Å². The zero-order valence-electron chi connectivity index (χ0n) is 10.9. The normalized spacial score (nSPS) is 12.6. The number of amides is 1. The van der Waals surface area contributed by atoms with E-state index in [-0.39, 0.29) is 18.4 Å². The van der Waals surface area contributed by atoms with Crippen molar-refractivity contribution >= 4 is 33.7 Å². The predicted molar refractivity (Wildman–Crippen MR) is 80.3 cm³/mol. The fraction of sp³-hybridized carbons (Fsp3) is 0.385. The summed E-state index contributed by atoms with van der Waals surface area (Å²) < 4.78 is 0. The van der Waals surface area contributed by atoms with Gasteiger partial charge in [-0.3, -0.25) is 4.79 Å². The highest BCUT2D eigenvalue weighted by Gasteiger charge is 2.19. The number of anilines is 1. The van der Waals surface area contributed by atoms with E-state index in [4.69, 9.17) is 5.73 Å². The molecule has 0 aliphatic heterocycles. The molecule has 2 rings (SSSR count). The molecular weight excluding hydrogens is 278 g/mol. The third kappa shape index (κ3) is 3.78. The van der Waals surface area contributed by atoms with Crippen molar-refractivity contribution in [1.82, 2.24) is 10.3 Å². The summed E-state index contributed by atoms with van der Waals surface area (Å²) in [4.78, 5) is 17.3. The molecule has 0 aliphatic rings. The zero-order chi connectivity index (χ0) is 13.8. The van der Waals surface area contributed by atoms with Crippen molar-refractivity contribution < 1.29 is 4.79 Å². The Hall–Kier alpha value is -1.40. The van der Waals surface area contributed by atoms with Crippen LogP contribution in [0.2, 0.25) is 0 Å². The average Bonchev–Trinajstić information content (AvgIpc) is 2.97. The van der Waals surface area contributed by atoms with Crippen LogP contribution >= 0.6 is 22.7 Å². The Morgan fingerprint density at radius 2 is 2.26 bits per heavy atom. The van der Waals surface area contributed by atoms with Crippen LogP contribution in [0.1, 0.15) is 30.5 Å². The number of thiophene rings is 1. The number of nitrogens with zero attached hydrogens (tertiary/aromatic N) is 1. The number of hydrogen-bond donors (Lipinski definition) is 2. The van der Waals surface area contributed by atoms with E-state index in [1.165, 1.54) is 16.2 Å². The quantitative estimate of drug-likeness (QED) is 0.891. The molecule has 0 radical (unpaired) electrons. The molecule has 0 bridgehead atoms. The second-order valence-corrected chi connectivity index (χ2v) is 6.53. The molecule has 1 atom stereocenters. The zero-order valence-corrected chi connectivity index (χ0v) is 12.6. The predicted octanol–water partition coefficient (Wildman–Crippen LogP) is 2.84. The van der Waals surface area contributed by atoms with E-state index in [1.807, 2.05) is 16.8 Å². The van der Waals surface area contributed by atoms with Crippen LogP contribution in [0.25, 0.3) is 0 Å². The van der Waals surface area contributed by atoms with Crippen LogP contribution in [0.4, 0.5) is 5.13 Å². The van der Waals surface area contributed by atoms with E-state index in [1.54, 1.807) is 11.3 Å². The molecular formula is C13H17N3OS2. The number of thiazole rings is 1. The first-order chi connectivity index (χ1) is 9.06. The Labute approximate surface area is 120 Å². The van der Waals surface area contributed by atoms with Crippen molar-refractivity contribution in [2.24, 2.45) is 5.92 Å². The number of carbonyl (C=O) groups is 1. The lowest BCUT2D eigenvalue weighted by Crippen LogP contribution is -2.32. The van der Waals surface area contributed by atoms with Crippen LogP contribution in [0.3, 0.4) is 0 Å². The molecule has 2 heterocycles. The summed E-state index contributed by atoms with van der Waals surface area (Å²) in [6, 6.07) is 4.11. The van der Waals surface area contributed by atoms with Crippen LogP contribution in [0.5, 0.6) is 0 Å². The largest absolute Gasteiger partial charge is 0.375 e.